The van der Waals surface area contributed by atoms with Crippen molar-refractivity contribution in [2.75, 3.05) is 26.4 Å². The van der Waals surface area contributed by atoms with Crippen LogP contribution in [0.1, 0.15) is 32.6 Å². The van der Waals surface area contributed by atoms with Crippen molar-refractivity contribution in [1.82, 2.24) is 5.32 Å². The van der Waals surface area contributed by atoms with Crippen LogP contribution >= 0.6 is 0 Å². The second-order valence-electron chi connectivity index (χ2n) is 4.51. The van der Waals surface area contributed by atoms with E-state index in [-0.39, 0.29) is 12.3 Å². The Morgan fingerprint density at radius 3 is 2.82 bits per heavy atom. The van der Waals surface area contributed by atoms with Crippen molar-refractivity contribution in [1.29, 1.82) is 0 Å². The summed E-state index contributed by atoms with van der Waals surface area (Å²) in [6.45, 7) is 5.43. The predicted molar refractivity (Wildman–Crippen MR) is 65.7 cm³/mol. The summed E-state index contributed by atoms with van der Waals surface area (Å²) < 4.78 is 16.8. The first-order valence-electron chi connectivity index (χ1n) is 6.69. The summed E-state index contributed by atoms with van der Waals surface area (Å²) in [4.78, 5) is 0. The van der Waals surface area contributed by atoms with Gasteiger partial charge in [-0.05, 0) is 31.9 Å². The molecule has 0 spiro atoms. The summed E-state index contributed by atoms with van der Waals surface area (Å²) in [5.74, 6) is 1.07. The summed E-state index contributed by atoms with van der Waals surface area (Å²) in [5.41, 5.74) is 0. The number of hydrogen-bond donors (Lipinski definition) is 1. The molecule has 1 atom stereocenters. The van der Waals surface area contributed by atoms with Gasteiger partial charge in [-0.1, -0.05) is 6.92 Å². The van der Waals surface area contributed by atoms with Crippen LogP contribution in [0.5, 0.6) is 0 Å². The molecular formula is C13H23NO3. The molecule has 0 bridgehead atoms. The van der Waals surface area contributed by atoms with E-state index in [9.17, 15) is 0 Å². The summed E-state index contributed by atoms with van der Waals surface area (Å²) in [5, 5.41) is 3.51. The average molecular weight is 241 g/mol. The molecule has 2 rings (SSSR count). The zero-order valence-electron chi connectivity index (χ0n) is 10.6. The quantitative estimate of drug-likeness (QED) is 0.770. The van der Waals surface area contributed by atoms with Crippen LogP contribution in [0.4, 0.5) is 0 Å². The maximum atomic E-state index is 5.73. The van der Waals surface area contributed by atoms with Crippen molar-refractivity contribution in [2.45, 2.75) is 44.9 Å². The van der Waals surface area contributed by atoms with Crippen LogP contribution in [-0.4, -0.2) is 38.7 Å². The fraction of sp³-hybridized carbons (Fsp3) is 0.846. The molecule has 1 unspecified atom stereocenters. The SMILES string of the molecule is CCCNC(CC1OCCO1)C1=CCCCO1. The Morgan fingerprint density at radius 1 is 1.35 bits per heavy atom. The summed E-state index contributed by atoms with van der Waals surface area (Å²) in [6, 6.07) is 0.235. The standard InChI is InChI=1S/C13H23NO3/c1-2-6-14-11(10-13-16-8-9-17-13)12-5-3-4-7-15-12/h5,11,13-14H,2-4,6-10H2,1H3. The van der Waals surface area contributed by atoms with Gasteiger partial charge in [0.05, 0.1) is 25.9 Å². The third kappa shape index (κ3) is 3.98. The number of ether oxygens (including phenoxy) is 3. The maximum Gasteiger partial charge on any atom is 0.159 e. The highest BCUT2D eigenvalue weighted by Crippen LogP contribution is 2.20. The van der Waals surface area contributed by atoms with E-state index in [0.29, 0.717) is 13.2 Å². The molecule has 0 aromatic rings. The Kier molecular flexibility index (Phi) is 5.29. The minimum atomic E-state index is -0.0733. The molecule has 2 heterocycles. The number of allylic oxidation sites excluding steroid dienone is 1. The van der Waals surface area contributed by atoms with E-state index in [4.69, 9.17) is 14.2 Å². The zero-order valence-corrected chi connectivity index (χ0v) is 10.6. The molecule has 1 N–H and O–H groups in total. The molecule has 1 fully saturated rings. The number of nitrogens with one attached hydrogen (secondary N) is 1. The first-order valence-corrected chi connectivity index (χ1v) is 6.69. The normalized spacial score (nSPS) is 23.2. The average Bonchev–Trinajstić information content (AvgIpc) is 2.88. The number of rotatable bonds is 6. The van der Waals surface area contributed by atoms with Gasteiger partial charge in [-0.15, -0.1) is 0 Å². The molecule has 2 aliphatic heterocycles. The largest absolute Gasteiger partial charge is 0.497 e. The highest BCUT2D eigenvalue weighted by atomic mass is 16.7. The van der Waals surface area contributed by atoms with Crippen molar-refractivity contribution >= 4 is 0 Å². The maximum absolute atomic E-state index is 5.73. The van der Waals surface area contributed by atoms with Crippen LogP contribution in [0.2, 0.25) is 0 Å². The van der Waals surface area contributed by atoms with Crippen molar-refractivity contribution in [3.05, 3.63) is 11.8 Å². The molecule has 98 valence electrons. The molecule has 0 saturated carbocycles. The third-order valence-electron chi connectivity index (χ3n) is 3.07. The molecule has 2 aliphatic rings. The first-order chi connectivity index (χ1) is 8.40. The third-order valence-corrected chi connectivity index (χ3v) is 3.07. The van der Waals surface area contributed by atoms with Gasteiger partial charge in [0.2, 0.25) is 0 Å². The van der Waals surface area contributed by atoms with Crippen molar-refractivity contribution in [2.24, 2.45) is 0 Å². The molecule has 0 amide bonds. The van der Waals surface area contributed by atoms with Crippen molar-refractivity contribution in [3.63, 3.8) is 0 Å². The minimum Gasteiger partial charge on any atom is -0.497 e. The molecule has 4 nitrogen and oxygen atoms in total. The molecule has 4 heteroatoms. The van der Waals surface area contributed by atoms with Crippen LogP contribution in [0.25, 0.3) is 0 Å². The smallest absolute Gasteiger partial charge is 0.159 e. The van der Waals surface area contributed by atoms with E-state index < -0.39 is 0 Å². The van der Waals surface area contributed by atoms with Gasteiger partial charge in [-0.2, -0.15) is 0 Å². The molecular weight excluding hydrogens is 218 g/mol. The van der Waals surface area contributed by atoms with E-state index in [1.54, 1.807) is 0 Å². The highest BCUT2D eigenvalue weighted by molar-refractivity contribution is 5.05. The Bertz CT molecular complexity index is 249. The molecule has 17 heavy (non-hydrogen) atoms. The highest BCUT2D eigenvalue weighted by Gasteiger charge is 2.25. The van der Waals surface area contributed by atoms with Gasteiger partial charge in [-0.3, -0.25) is 0 Å². The van der Waals surface area contributed by atoms with E-state index in [0.717, 1.165) is 44.6 Å². The fourth-order valence-corrected chi connectivity index (χ4v) is 2.17. The molecule has 0 radical (unpaired) electrons. The van der Waals surface area contributed by atoms with Crippen LogP contribution in [0.3, 0.4) is 0 Å². The predicted octanol–water partition coefficient (Wildman–Crippen LogP) is 1.81. The summed E-state index contributed by atoms with van der Waals surface area (Å²) in [7, 11) is 0. The molecule has 0 aromatic heterocycles. The molecule has 1 saturated heterocycles. The second-order valence-corrected chi connectivity index (χ2v) is 4.51. The minimum absolute atomic E-state index is 0.0733. The lowest BCUT2D eigenvalue weighted by atomic mass is 10.1. The summed E-state index contributed by atoms with van der Waals surface area (Å²) in [6.07, 6.45) is 6.33. The molecule has 0 aliphatic carbocycles. The van der Waals surface area contributed by atoms with E-state index >= 15 is 0 Å². The van der Waals surface area contributed by atoms with Gasteiger partial charge in [-0.25, -0.2) is 0 Å². The fourth-order valence-electron chi connectivity index (χ4n) is 2.17. The van der Waals surface area contributed by atoms with Crippen molar-refractivity contribution in [3.8, 4) is 0 Å². The van der Waals surface area contributed by atoms with E-state index in [1.807, 2.05) is 0 Å². The summed E-state index contributed by atoms with van der Waals surface area (Å²) >= 11 is 0. The van der Waals surface area contributed by atoms with Gasteiger partial charge < -0.3 is 19.5 Å². The van der Waals surface area contributed by atoms with Gasteiger partial charge in [0, 0.05) is 6.42 Å². The second kappa shape index (κ2) is 6.99. The Labute approximate surface area is 103 Å². The van der Waals surface area contributed by atoms with Crippen LogP contribution in [0, 0.1) is 0 Å². The Hall–Kier alpha value is -0.580. The lowest BCUT2D eigenvalue weighted by Crippen LogP contribution is -2.36. The lowest BCUT2D eigenvalue weighted by molar-refractivity contribution is -0.0539. The van der Waals surface area contributed by atoms with Crippen LogP contribution < -0.4 is 5.32 Å². The van der Waals surface area contributed by atoms with Crippen LogP contribution in [0.15, 0.2) is 11.8 Å². The van der Waals surface area contributed by atoms with Crippen LogP contribution in [-0.2, 0) is 14.2 Å². The van der Waals surface area contributed by atoms with Gasteiger partial charge in [0.15, 0.2) is 6.29 Å². The Balaban J connectivity index is 1.88. The van der Waals surface area contributed by atoms with E-state index in [1.165, 1.54) is 0 Å². The lowest BCUT2D eigenvalue weighted by Gasteiger charge is -2.26. The number of hydrogen-bond acceptors (Lipinski definition) is 4. The topological polar surface area (TPSA) is 39.7 Å². The van der Waals surface area contributed by atoms with Gasteiger partial charge >= 0.3 is 0 Å². The molecule has 0 aromatic carbocycles. The first kappa shape index (κ1) is 12.9. The van der Waals surface area contributed by atoms with Gasteiger partial charge in [0.1, 0.15) is 5.76 Å². The van der Waals surface area contributed by atoms with E-state index in [2.05, 4.69) is 18.3 Å². The zero-order chi connectivity index (χ0) is 11.9. The monoisotopic (exact) mass is 241 g/mol. The Morgan fingerprint density at radius 2 is 2.18 bits per heavy atom. The van der Waals surface area contributed by atoms with Crippen molar-refractivity contribution < 1.29 is 14.2 Å². The van der Waals surface area contributed by atoms with Gasteiger partial charge in [0.25, 0.3) is 0 Å².